The van der Waals surface area contributed by atoms with Gasteiger partial charge in [-0.2, -0.15) is 0 Å². The number of hydrogen-bond donors (Lipinski definition) is 2. The number of nitrogens with one attached hydrogen (secondary N) is 2. The number of H-pyrrole nitrogens is 2. The molecule has 0 aliphatic rings. The van der Waals surface area contributed by atoms with Crippen LogP contribution in [0.2, 0.25) is 0 Å². The van der Waals surface area contributed by atoms with E-state index in [1.54, 1.807) is 0 Å². The second kappa shape index (κ2) is 6.10. The highest BCUT2D eigenvalue weighted by Gasteiger charge is 2.39. The highest BCUT2D eigenvalue weighted by molar-refractivity contribution is 5.81. The molecule has 2 aromatic carbocycles. The second-order valence-corrected chi connectivity index (χ2v) is 5.74. The number of methoxy groups -OCH3 is 3. The van der Waals surface area contributed by atoms with Crippen LogP contribution in [0.25, 0.3) is 27.8 Å². The largest absolute Gasteiger partial charge is 0.346 e. The molecule has 0 bridgehead atoms. The normalized spacial score (nSPS) is 12.3. The van der Waals surface area contributed by atoms with Crippen molar-refractivity contribution in [2.75, 3.05) is 21.3 Å². The fourth-order valence-electron chi connectivity index (χ4n) is 3.18. The third-order valence-electron chi connectivity index (χ3n) is 4.40. The molecule has 0 radical (unpaired) electrons. The molecule has 0 amide bonds. The molecule has 0 aliphatic carbocycles. The Morgan fingerprint density at radius 3 is 2.38 bits per heavy atom. The van der Waals surface area contributed by atoms with Gasteiger partial charge in [0.15, 0.2) is 0 Å². The molecule has 26 heavy (non-hydrogen) atoms. The first-order valence-corrected chi connectivity index (χ1v) is 7.97. The highest BCUT2D eigenvalue weighted by atomic mass is 16.9. The molecule has 0 spiro atoms. The van der Waals surface area contributed by atoms with E-state index in [2.05, 4.69) is 15.0 Å². The Kier molecular flexibility index (Phi) is 3.87. The Morgan fingerprint density at radius 2 is 1.65 bits per heavy atom. The lowest BCUT2D eigenvalue weighted by atomic mass is 10.2. The molecule has 0 atom stereocenters. The van der Waals surface area contributed by atoms with E-state index in [9.17, 15) is 4.79 Å². The molecule has 0 unspecified atom stereocenters. The molecule has 2 aromatic heterocycles. The minimum atomic E-state index is -1.47. The first kappa shape index (κ1) is 16.5. The topological polar surface area (TPSA) is 94.2 Å². The van der Waals surface area contributed by atoms with Gasteiger partial charge in [-0.3, -0.25) is 4.57 Å². The standard InChI is InChI=1S/C18H18N4O4/c1-24-18(25-2,26-3)16-19-13-6-4-5-7-15(13)22(16)11-8-9-12-14(10-11)21-17(23)20-12/h4-10H,1-3H3,(H2,20,21,23). The summed E-state index contributed by atoms with van der Waals surface area (Å²) in [5, 5.41) is 0. The van der Waals surface area contributed by atoms with Crippen molar-refractivity contribution in [2.45, 2.75) is 5.97 Å². The van der Waals surface area contributed by atoms with Gasteiger partial charge < -0.3 is 24.2 Å². The first-order valence-electron chi connectivity index (χ1n) is 7.97. The van der Waals surface area contributed by atoms with Crippen molar-refractivity contribution in [2.24, 2.45) is 0 Å². The van der Waals surface area contributed by atoms with E-state index in [4.69, 9.17) is 14.2 Å². The zero-order chi connectivity index (χ0) is 18.3. The maximum absolute atomic E-state index is 11.6. The van der Waals surface area contributed by atoms with Gasteiger partial charge in [-0.25, -0.2) is 9.78 Å². The summed E-state index contributed by atoms with van der Waals surface area (Å²) >= 11 is 0. The van der Waals surface area contributed by atoms with Crippen molar-refractivity contribution in [3.8, 4) is 5.69 Å². The van der Waals surface area contributed by atoms with Crippen molar-refractivity contribution in [1.29, 1.82) is 0 Å². The third kappa shape index (κ3) is 2.35. The molecule has 134 valence electrons. The maximum Gasteiger partial charge on any atom is 0.346 e. The van der Waals surface area contributed by atoms with Crippen molar-refractivity contribution in [3.63, 3.8) is 0 Å². The third-order valence-corrected chi connectivity index (χ3v) is 4.40. The summed E-state index contributed by atoms with van der Waals surface area (Å²) in [5.74, 6) is -1.04. The quantitative estimate of drug-likeness (QED) is 0.536. The lowest BCUT2D eigenvalue weighted by Crippen LogP contribution is -2.36. The molecular formula is C18H18N4O4. The molecule has 8 heteroatoms. The van der Waals surface area contributed by atoms with Gasteiger partial charge in [-0.1, -0.05) is 12.1 Å². The van der Waals surface area contributed by atoms with E-state index in [0.29, 0.717) is 11.3 Å². The van der Waals surface area contributed by atoms with Crippen LogP contribution in [0.4, 0.5) is 0 Å². The minimum Gasteiger partial charge on any atom is -0.324 e. The summed E-state index contributed by atoms with van der Waals surface area (Å²) in [7, 11) is 4.47. The van der Waals surface area contributed by atoms with Gasteiger partial charge >= 0.3 is 11.7 Å². The fourth-order valence-corrected chi connectivity index (χ4v) is 3.18. The Morgan fingerprint density at radius 1 is 0.962 bits per heavy atom. The molecule has 4 rings (SSSR count). The molecule has 0 fully saturated rings. The van der Waals surface area contributed by atoms with Gasteiger partial charge in [0.1, 0.15) is 0 Å². The number of rotatable bonds is 5. The van der Waals surface area contributed by atoms with Crippen LogP contribution in [-0.2, 0) is 20.2 Å². The second-order valence-electron chi connectivity index (χ2n) is 5.74. The fraction of sp³-hybridized carbons (Fsp3) is 0.222. The van der Waals surface area contributed by atoms with Gasteiger partial charge in [0, 0.05) is 27.0 Å². The smallest absolute Gasteiger partial charge is 0.324 e. The average molecular weight is 354 g/mol. The van der Waals surface area contributed by atoms with Gasteiger partial charge in [-0.05, 0) is 30.3 Å². The maximum atomic E-state index is 11.6. The van der Waals surface area contributed by atoms with Crippen molar-refractivity contribution in [3.05, 3.63) is 58.8 Å². The zero-order valence-electron chi connectivity index (χ0n) is 14.6. The van der Waals surface area contributed by atoms with Crippen molar-refractivity contribution >= 4 is 22.1 Å². The summed E-state index contributed by atoms with van der Waals surface area (Å²) in [6.45, 7) is 0. The van der Waals surface area contributed by atoms with Crippen LogP contribution >= 0.6 is 0 Å². The van der Waals surface area contributed by atoms with Gasteiger partial charge in [0.25, 0.3) is 0 Å². The number of para-hydroxylation sites is 2. The number of hydrogen-bond acceptors (Lipinski definition) is 5. The number of ether oxygens (including phenoxy) is 3. The molecule has 0 saturated carbocycles. The minimum absolute atomic E-state index is 0.257. The Bertz CT molecular complexity index is 1130. The average Bonchev–Trinajstić information content (AvgIpc) is 3.23. The van der Waals surface area contributed by atoms with Gasteiger partial charge in [0.05, 0.1) is 22.1 Å². The Hall–Kier alpha value is -2.94. The van der Waals surface area contributed by atoms with E-state index in [0.717, 1.165) is 22.2 Å². The SMILES string of the molecule is COC(OC)(OC)c1nc2ccccc2n1-c1ccc2[nH]c(=O)[nH]c2c1. The molecular weight excluding hydrogens is 336 g/mol. The lowest BCUT2D eigenvalue weighted by molar-refractivity contribution is -0.369. The zero-order valence-corrected chi connectivity index (χ0v) is 14.6. The number of nitrogens with zero attached hydrogens (tertiary/aromatic N) is 2. The van der Waals surface area contributed by atoms with Crippen LogP contribution in [-0.4, -0.2) is 40.8 Å². The van der Waals surface area contributed by atoms with Crippen LogP contribution in [0, 0.1) is 0 Å². The van der Waals surface area contributed by atoms with Crippen molar-refractivity contribution in [1.82, 2.24) is 19.5 Å². The Balaban J connectivity index is 2.05. The number of imidazole rings is 2. The molecule has 4 aromatic rings. The Labute approximate surface area is 148 Å². The highest BCUT2D eigenvalue weighted by Crippen LogP contribution is 2.32. The molecule has 0 saturated heterocycles. The van der Waals surface area contributed by atoms with Gasteiger partial charge in [0.2, 0.25) is 5.82 Å². The number of aromatic amines is 2. The van der Waals surface area contributed by atoms with Crippen LogP contribution in [0.15, 0.2) is 47.3 Å². The van der Waals surface area contributed by atoms with E-state index in [-0.39, 0.29) is 5.69 Å². The summed E-state index contributed by atoms with van der Waals surface area (Å²) in [6, 6.07) is 13.3. The summed E-state index contributed by atoms with van der Waals surface area (Å²) in [6.07, 6.45) is 0. The van der Waals surface area contributed by atoms with Crippen molar-refractivity contribution < 1.29 is 14.2 Å². The lowest BCUT2D eigenvalue weighted by Gasteiger charge is -2.28. The van der Waals surface area contributed by atoms with E-state index >= 15 is 0 Å². The van der Waals surface area contributed by atoms with Crippen LogP contribution < -0.4 is 5.69 Å². The predicted molar refractivity (Wildman–Crippen MR) is 96.3 cm³/mol. The van der Waals surface area contributed by atoms with Crippen LogP contribution in [0.3, 0.4) is 0 Å². The molecule has 2 N–H and O–H groups in total. The van der Waals surface area contributed by atoms with E-state index < -0.39 is 5.97 Å². The van der Waals surface area contributed by atoms with Crippen LogP contribution in [0.1, 0.15) is 5.82 Å². The van der Waals surface area contributed by atoms with Crippen LogP contribution in [0.5, 0.6) is 0 Å². The monoisotopic (exact) mass is 354 g/mol. The summed E-state index contributed by atoms with van der Waals surface area (Å²) in [5.41, 5.74) is 3.56. The van der Waals surface area contributed by atoms with E-state index in [1.165, 1.54) is 21.3 Å². The number of aromatic nitrogens is 4. The predicted octanol–water partition coefficient (Wildman–Crippen LogP) is 2.24. The molecule has 8 nitrogen and oxygen atoms in total. The summed E-state index contributed by atoms with van der Waals surface area (Å²) in [4.78, 5) is 21.7. The summed E-state index contributed by atoms with van der Waals surface area (Å²) < 4.78 is 18.4. The first-order chi connectivity index (χ1) is 12.6. The number of fused-ring (bicyclic) bond motifs is 2. The van der Waals surface area contributed by atoms with E-state index in [1.807, 2.05) is 47.0 Å². The molecule has 2 heterocycles. The molecule has 0 aliphatic heterocycles. The van der Waals surface area contributed by atoms with Gasteiger partial charge in [-0.15, -0.1) is 0 Å². The number of benzene rings is 2.